The number of ether oxygens (including phenoxy) is 1. The van der Waals surface area contributed by atoms with Crippen LogP contribution in [0.25, 0.3) is 0 Å². The molecule has 0 saturated carbocycles. The van der Waals surface area contributed by atoms with Crippen molar-refractivity contribution in [2.75, 3.05) is 5.32 Å². The van der Waals surface area contributed by atoms with Gasteiger partial charge in [0.25, 0.3) is 5.91 Å². The third-order valence-corrected chi connectivity index (χ3v) is 2.74. The molecule has 0 bridgehead atoms. The van der Waals surface area contributed by atoms with Gasteiger partial charge >= 0.3 is 0 Å². The van der Waals surface area contributed by atoms with E-state index in [9.17, 15) is 4.79 Å². The summed E-state index contributed by atoms with van der Waals surface area (Å²) < 4.78 is 5.56. The average Bonchev–Trinajstić information content (AvgIpc) is 2.42. The van der Waals surface area contributed by atoms with Crippen molar-refractivity contribution in [2.24, 2.45) is 0 Å². The van der Waals surface area contributed by atoms with Crippen LogP contribution in [0.2, 0.25) is 0 Å². The molecule has 0 aliphatic heterocycles. The summed E-state index contributed by atoms with van der Waals surface area (Å²) in [6.45, 7) is 3.74. The summed E-state index contributed by atoms with van der Waals surface area (Å²) in [4.78, 5) is 12.0. The number of rotatable bonds is 4. The van der Waals surface area contributed by atoms with Crippen molar-refractivity contribution >= 4 is 11.6 Å². The lowest BCUT2D eigenvalue weighted by atomic mass is 10.2. The van der Waals surface area contributed by atoms with Gasteiger partial charge in [0, 0.05) is 5.69 Å². The average molecular weight is 255 g/mol. The molecule has 0 aromatic heterocycles. The highest BCUT2D eigenvalue weighted by molar-refractivity contribution is 5.94. The van der Waals surface area contributed by atoms with Gasteiger partial charge in [-0.1, -0.05) is 35.9 Å². The molecule has 3 heteroatoms. The van der Waals surface area contributed by atoms with Gasteiger partial charge in [-0.3, -0.25) is 4.79 Å². The first kappa shape index (κ1) is 13.1. The molecule has 0 heterocycles. The van der Waals surface area contributed by atoms with Crippen LogP contribution in [0.4, 0.5) is 5.69 Å². The van der Waals surface area contributed by atoms with Crippen molar-refractivity contribution < 1.29 is 9.53 Å². The van der Waals surface area contributed by atoms with Crippen LogP contribution >= 0.6 is 0 Å². The van der Waals surface area contributed by atoms with Crippen LogP contribution < -0.4 is 10.1 Å². The predicted molar refractivity (Wildman–Crippen MR) is 76.3 cm³/mol. The first-order valence-electron chi connectivity index (χ1n) is 6.24. The molecular formula is C16H17NO2. The van der Waals surface area contributed by atoms with Crippen molar-refractivity contribution in [2.45, 2.75) is 20.0 Å². The molecule has 0 radical (unpaired) electrons. The van der Waals surface area contributed by atoms with E-state index < -0.39 is 6.10 Å². The minimum atomic E-state index is -0.538. The lowest BCUT2D eigenvalue weighted by Gasteiger charge is -2.14. The topological polar surface area (TPSA) is 38.3 Å². The summed E-state index contributed by atoms with van der Waals surface area (Å²) in [5, 5.41) is 2.83. The molecule has 0 spiro atoms. The molecule has 19 heavy (non-hydrogen) atoms. The molecule has 2 aromatic rings. The minimum Gasteiger partial charge on any atom is -0.481 e. The van der Waals surface area contributed by atoms with Gasteiger partial charge in [-0.2, -0.15) is 0 Å². The van der Waals surface area contributed by atoms with Crippen LogP contribution in [0.3, 0.4) is 0 Å². The first-order valence-corrected chi connectivity index (χ1v) is 6.24. The highest BCUT2D eigenvalue weighted by Crippen LogP contribution is 2.13. The van der Waals surface area contributed by atoms with E-state index in [-0.39, 0.29) is 5.91 Å². The zero-order valence-corrected chi connectivity index (χ0v) is 11.1. The summed E-state index contributed by atoms with van der Waals surface area (Å²) in [5.74, 6) is 0.529. The molecule has 2 aromatic carbocycles. The van der Waals surface area contributed by atoms with Gasteiger partial charge in [-0.25, -0.2) is 0 Å². The number of carbonyl (C=O) groups is 1. The summed E-state index contributed by atoms with van der Waals surface area (Å²) in [7, 11) is 0. The van der Waals surface area contributed by atoms with Crippen molar-refractivity contribution in [3.05, 3.63) is 60.2 Å². The first-order chi connectivity index (χ1) is 9.15. The summed E-state index contributed by atoms with van der Waals surface area (Å²) in [5.41, 5.74) is 1.94. The van der Waals surface area contributed by atoms with E-state index in [4.69, 9.17) is 4.74 Å². The molecule has 0 aliphatic rings. The third kappa shape index (κ3) is 3.85. The highest BCUT2D eigenvalue weighted by atomic mass is 16.5. The SMILES string of the molecule is Cc1ccc(NC(=O)[C@@H](C)Oc2ccccc2)cc1. The van der Waals surface area contributed by atoms with E-state index >= 15 is 0 Å². The normalized spacial score (nSPS) is 11.7. The largest absolute Gasteiger partial charge is 0.481 e. The Morgan fingerprint density at radius 3 is 2.32 bits per heavy atom. The fraction of sp³-hybridized carbons (Fsp3) is 0.188. The minimum absolute atomic E-state index is 0.160. The molecule has 0 unspecified atom stereocenters. The number of benzene rings is 2. The molecule has 1 amide bonds. The van der Waals surface area contributed by atoms with E-state index in [1.54, 1.807) is 6.92 Å². The number of carbonyl (C=O) groups excluding carboxylic acids is 1. The van der Waals surface area contributed by atoms with Crippen LogP contribution in [0.15, 0.2) is 54.6 Å². The summed E-state index contributed by atoms with van der Waals surface area (Å²) in [6.07, 6.45) is -0.538. The van der Waals surface area contributed by atoms with Crippen LogP contribution in [0.1, 0.15) is 12.5 Å². The number of amides is 1. The van der Waals surface area contributed by atoms with Gasteiger partial charge in [0.2, 0.25) is 0 Å². The number of anilines is 1. The Balaban J connectivity index is 1.94. The van der Waals surface area contributed by atoms with Crippen molar-refractivity contribution in [1.82, 2.24) is 0 Å². The van der Waals surface area contributed by atoms with E-state index in [1.807, 2.05) is 61.5 Å². The Morgan fingerprint density at radius 2 is 1.68 bits per heavy atom. The second-order valence-electron chi connectivity index (χ2n) is 4.43. The van der Waals surface area contributed by atoms with Crippen molar-refractivity contribution in [1.29, 1.82) is 0 Å². The molecule has 0 aliphatic carbocycles. The van der Waals surface area contributed by atoms with Gasteiger partial charge in [0.05, 0.1) is 0 Å². The van der Waals surface area contributed by atoms with E-state index in [0.29, 0.717) is 5.75 Å². The Hall–Kier alpha value is -2.29. The van der Waals surface area contributed by atoms with Crippen LogP contribution in [-0.4, -0.2) is 12.0 Å². The van der Waals surface area contributed by atoms with Gasteiger partial charge < -0.3 is 10.1 Å². The second-order valence-corrected chi connectivity index (χ2v) is 4.43. The fourth-order valence-corrected chi connectivity index (χ4v) is 1.64. The number of para-hydroxylation sites is 1. The Bertz CT molecular complexity index is 534. The molecule has 1 N–H and O–H groups in total. The molecule has 98 valence electrons. The molecular weight excluding hydrogens is 238 g/mol. The highest BCUT2D eigenvalue weighted by Gasteiger charge is 2.14. The van der Waals surface area contributed by atoms with Gasteiger partial charge in [0.1, 0.15) is 5.75 Å². The van der Waals surface area contributed by atoms with Crippen LogP contribution in [0.5, 0.6) is 5.75 Å². The number of nitrogens with one attached hydrogen (secondary N) is 1. The Morgan fingerprint density at radius 1 is 1.05 bits per heavy atom. The zero-order valence-electron chi connectivity index (χ0n) is 11.1. The maximum atomic E-state index is 12.0. The number of hydrogen-bond acceptors (Lipinski definition) is 2. The lowest BCUT2D eigenvalue weighted by molar-refractivity contribution is -0.122. The Labute approximate surface area is 113 Å². The maximum absolute atomic E-state index is 12.0. The maximum Gasteiger partial charge on any atom is 0.265 e. The quantitative estimate of drug-likeness (QED) is 0.909. The summed E-state index contributed by atoms with van der Waals surface area (Å²) >= 11 is 0. The van der Waals surface area contributed by atoms with E-state index in [1.165, 1.54) is 0 Å². The van der Waals surface area contributed by atoms with Gasteiger partial charge in [-0.15, -0.1) is 0 Å². The monoisotopic (exact) mass is 255 g/mol. The fourth-order valence-electron chi connectivity index (χ4n) is 1.64. The molecule has 2 rings (SSSR count). The number of aryl methyl sites for hydroxylation is 1. The third-order valence-electron chi connectivity index (χ3n) is 2.74. The second kappa shape index (κ2) is 6.05. The van der Waals surface area contributed by atoms with Crippen molar-refractivity contribution in [3.8, 4) is 5.75 Å². The van der Waals surface area contributed by atoms with Crippen LogP contribution in [-0.2, 0) is 4.79 Å². The van der Waals surface area contributed by atoms with Gasteiger partial charge in [-0.05, 0) is 38.1 Å². The molecule has 0 saturated heterocycles. The zero-order chi connectivity index (χ0) is 13.7. The van der Waals surface area contributed by atoms with Crippen molar-refractivity contribution in [3.63, 3.8) is 0 Å². The number of hydrogen-bond donors (Lipinski definition) is 1. The molecule has 1 atom stereocenters. The molecule has 0 fully saturated rings. The smallest absolute Gasteiger partial charge is 0.265 e. The van der Waals surface area contributed by atoms with Gasteiger partial charge in [0.15, 0.2) is 6.10 Å². The predicted octanol–water partition coefficient (Wildman–Crippen LogP) is 3.40. The van der Waals surface area contributed by atoms with Crippen LogP contribution in [0, 0.1) is 6.92 Å². The lowest BCUT2D eigenvalue weighted by Crippen LogP contribution is -2.30. The standard InChI is InChI=1S/C16H17NO2/c1-12-8-10-14(11-9-12)17-16(18)13(2)19-15-6-4-3-5-7-15/h3-11,13H,1-2H3,(H,17,18)/t13-/m1/s1. The van der Waals surface area contributed by atoms with E-state index in [2.05, 4.69) is 5.32 Å². The van der Waals surface area contributed by atoms with E-state index in [0.717, 1.165) is 11.3 Å². The molecule has 3 nitrogen and oxygen atoms in total. The Kier molecular flexibility index (Phi) is 4.18. The summed E-state index contributed by atoms with van der Waals surface area (Å²) in [6, 6.07) is 17.0.